The smallest absolute Gasteiger partial charge is 0.112 e. The van der Waals surface area contributed by atoms with E-state index in [1.54, 1.807) is 0 Å². The maximum Gasteiger partial charge on any atom is 0.112 e. The Morgan fingerprint density at radius 1 is 0.805 bits per heavy atom. The molecule has 0 fully saturated rings. The van der Waals surface area contributed by atoms with E-state index in [2.05, 4.69) is 152 Å². The summed E-state index contributed by atoms with van der Waals surface area (Å²) in [4.78, 5) is 2.34. The molecule has 0 heterocycles. The Balaban J connectivity index is 2.00. The highest BCUT2D eigenvalue weighted by Crippen LogP contribution is 2.39. The molecule has 0 aromatic heterocycles. The van der Waals surface area contributed by atoms with Gasteiger partial charge >= 0.3 is 0 Å². The van der Waals surface area contributed by atoms with Gasteiger partial charge in [0.15, 0.2) is 0 Å². The summed E-state index contributed by atoms with van der Waals surface area (Å²) in [5.74, 6) is 1.66. The van der Waals surface area contributed by atoms with Crippen LogP contribution in [-0.4, -0.2) is 18.3 Å². The number of rotatable bonds is 12. The number of hydrogen-bond donors (Lipinski definition) is 1. The third-order valence-electron chi connectivity index (χ3n) is 7.52. The van der Waals surface area contributed by atoms with Crippen LogP contribution in [0, 0.1) is 5.92 Å². The SMILES string of the molecule is C=C(/C=C\C(=C/C)C(c1ccc(N(c2ccc(C(C)C)cc2)c2ccc(C(C)(C)C)cc2)cc1)C(C)C)OCCO. The molecule has 0 saturated carbocycles. The van der Waals surface area contributed by atoms with Crippen molar-refractivity contribution in [3.63, 3.8) is 0 Å². The second kappa shape index (κ2) is 14.4. The second-order valence-corrected chi connectivity index (χ2v) is 12.4. The minimum absolute atomic E-state index is 0.0239. The number of benzene rings is 3. The van der Waals surface area contributed by atoms with Crippen molar-refractivity contribution in [2.75, 3.05) is 18.1 Å². The van der Waals surface area contributed by atoms with Gasteiger partial charge in [-0.1, -0.05) is 104 Å². The van der Waals surface area contributed by atoms with Crippen molar-refractivity contribution in [3.8, 4) is 0 Å². The molecule has 218 valence electrons. The standard InChI is InChI=1S/C38H49NO2/c1-10-30(12-11-29(6)41-26-25-40)37(28(4)5)32-15-21-35(22-16-32)39(34-19-13-31(14-20-34)27(2)3)36-23-17-33(18-24-36)38(7,8)9/h10-24,27-28,37,40H,6,25-26H2,1-5,7-9H3/b12-11-,30-10+. The summed E-state index contributed by atoms with van der Waals surface area (Å²) in [6, 6.07) is 26.9. The van der Waals surface area contributed by atoms with Crippen molar-refractivity contribution in [2.45, 2.75) is 72.6 Å². The lowest BCUT2D eigenvalue weighted by Crippen LogP contribution is -2.14. The van der Waals surface area contributed by atoms with Gasteiger partial charge in [-0.3, -0.25) is 0 Å². The lowest BCUT2D eigenvalue weighted by atomic mass is 9.81. The predicted molar refractivity (Wildman–Crippen MR) is 177 cm³/mol. The van der Waals surface area contributed by atoms with Gasteiger partial charge in [0.1, 0.15) is 12.4 Å². The molecular weight excluding hydrogens is 502 g/mol. The van der Waals surface area contributed by atoms with Crippen LogP contribution in [0.25, 0.3) is 0 Å². The van der Waals surface area contributed by atoms with Crippen LogP contribution >= 0.6 is 0 Å². The first kappa shape index (κ1) is 32.0. The molecule has 1 unspecified atom stereocenters. The molecule has 3 heteroatoms. The molecule has 0 radical (unpaired) electrons. The van der Waals surface area contributed by atoms with Crippen LogP contribution in [0.3, 0.4) is 0 Å². The van der Waals surface area contributed by atoms with Gasteiger partial charge in [-0.2, -0.15) is 0 Å². The Bertz CT molecular complexity index is 1300. The van der Waals surface area contributed by atoms with Crippen molar-refractivity contribution in [1.82, 2.24) is 0 Å². The van der Waals surface area contributed by atoms with Gasteiger partial charge in [-0.15, -0.1) is 0 Å². The van der Waals surface area contributed by atoms with E-state index in [9.17, 15) is 0 Å². The fourth-order valence-electron chi connectivity index (χ4n) is 5.15. The topological polar surface area (TPSA) is 32.7 Å². The summed E-state index contributed by atoms with van der Waals surface area (Å²) in [5.41, 5.74) is 8.64. The number of nitrogens with zero attached hydrogens (tertiary/aromatic N) is 1. The van der Waals surface area contributed by atoms with E-state index in [0.29, 0.717) is 17.6 Å². The van der Waals surface area contributed by atoms with E-state index in [4.69, 9.17) is 9.84 Å². The molecule has 1 N–H and O–H groups in total. The lowest BCUT2D eigenvalue weighted by Gasteiger charge is -2.28. The molecule has 3 aromatic carbocycles. The van der Waals surface area contributed by atoms with Gasteiger partial charge in [-0.05, 0) is 88.9 Å². The highest BCUT2D eigenvalue weighted by atomic mass is 16.5. The fraction of sp³-hybridized carbons (Fsp3) is 0.368. The van der Waals surface area contributed by atoms with Gasteiger partial charge in [0.2, 0.25) is 0 Å². The van der Waals surface area contributed by atoms with Crippen LogP contribution in [-0.2, 0) is 10.2 Å². The summed E-state index contributed by atoms with van der Waals surface area (Å²) in [6.07, 6.45) is 6.13. The van der Waals surface area contributed by atoms with Crippen molar-refractivity contribution in [1.29, 1.82) is 0 Å². The molecule has 41 heavy (non-hydrogen) atoms. The molecule has 3 rings (SSSR count). The highest BCUT2D eigenvalue weighted by Gasteiger charge is 2.21. The number of ether oxygens (including phenoxy) is 1. The molecule has 0 bridgehead atoms. The molecule has 3 aromatic rings. The van der Waals surface area contributed by atoms with Gasteiger partial charge in [0, 0.05) is 23.0 Å². The summed E-state index contributed by atoms with van der Waals surface area (Å²) in [5, 5.41) is 9.03. The van der Waals surface area contributed by atoms with E-state index in [1.165, 1.54) is 22.3 Å². The zero-order valence-electron chi connectivity index (χ0n) is 26.3. The third kappa shape index (κ3) is 8.47. The van der Waals surface area contributed by atoms with Gasteiger partial charge in [0.05, 0.1) is 6.61 Å². The van der Waals surface area contributed by atoms with Crippen LogP contribution < -0.4 is 4.90 Å². The minimum atomic E-state index is -0.0239. The second-order valence-electron chi connectivity index (χ2n) is 12.4. The zero-order chi connectivity index (χ0) is 30.2. The summed E-state index contributed by atoms with van der Waals surface area (Å²) >= 11 is 0. The molecular formula is C38H49NO2. The molecule has 0 aliphatic carbocycles. The van der Waals surface area contributed by atoms with E-state index < -0.39 is 0 Å². The Morgan fingerprint density at radius 2 is 1.29 bits per heavy atom. The quantitative estimate of drug-likeness (QED) is 0.179. The average molecular weight is 552 g/mol. The Morgan fingerprint density at radius 3 is 1.71 bits per heavy atom. The van der Waals surface area contributed by atoms with Crippen molar-refractivity contribution in [2.24, 2.45) is 5.92 Å². The Kier molecular flexibility index (Phi) is 11.2. The number of allylic oxidation sites excluding steroid dienone is 4. The van der Waals surface area contributed by atoms with E-state index in [0.717, 1.165) is 17.1 Å². The molecule has 1 atom stereocenters. The predicted octanol–water partition coefficient (Wildman–Crippen LogP) is 10.3. The normalized spacial score (nSPS) is 13.2. The van der Waals surface area contributed by atoms with E-state index in [1.807, 2.05) is 6.08 Å². The first-order chi connectivity index (χ1) is 19.5. The van der Waals surface area contributed by atoms with Crippen LogP contribution in [0.15, 0.2) is 109 Å². The summed E-state index contributed by atoms with van der Waals surface area (Å²) in [7, 11) is 0. The first-order valence-corrected chi connectivity index (χ1v) is 14.8. The van der Waals surface area contributed by atoms with E-state index in [-0.39, 0.29) is 24.5 Å². The Labute approximate surface area is 248 Å². The molecule has 0 saturated heterocycles. The third-order valence-corrected chi connectivity index (χ3v) is 7.52. The molecule has 0 aliphatic heterocycles. The van der Waals surface area contributed by atoms with Gasteiger partial charge in [0.25, 0.3) is 0 Å². The van der Waals surface area contributed by atoms with Crippen LogP contribution in [0.1, 0.15) is 83.9 Å². The van der Waals surface area contributed by atoms with Gasteiger partial charge < -0.3 is 14.7 Å². The fourth-order valence-corrected chi connectivity index (χ4v) is 5.15. The maximum atomic E-state index is 9.03. The summed E-state index contributed by atoms with van der Waals surface area (Å²) < 4.78 is 5.44. The maximum absolute atomic E-state index is 9.03. The number of aliphatic hydroxyl groups is 1. The highest BCUT2D eigenvalue weighted by molar-refractivity contribution is 5.77. The summed E-state index contributed by atoms with van der Waals surface area (Å²) in [6.45, 7) is 22.0. The lowest BCUT2D eigenvalue weighted by molar-refractivity contribution is 0.153. The van der Waals surface area contributed by atoms with Crippen LogP contribution in [0.5, 0.6) is 0 Å². The molecule has 3 nitrogen and oxygen atoms in total. The van der Waals surface area contributed by atoms with Gasteiger partial charge in [-0.25, -0.2) is 0 Å². The van der Waals surface area contributed by atoms with Crippen LogP contribution in [0.4, 0.5) is 17.1 Å². The molecule has 0 spiro atoms. The van der Waals surface area contributed by atoms with Crippen molar-refractivity contribution in [3.05, 3.63) is 126 Å². The van der Waals surface area contributed by atoms with Crippen molar-refractivity contribution < 1.29 is 9.84 Å². The molecule has 0 amide bonds. The number of hydrogen-bond acceptors (Lipinski definition) is 3. The minimum Gasteiger partial charge on any atom is -0.492 e. The average Bonchev–Trinajstić information content (AvgIpc) is 2.94. The van der Waals surface area contributed by atoms with E-state index >= 15 is 0 Å². The Hall–Kier alpha value is -3.56. The van der Waals surface area contributed by atoms with Crippen LogP contribution in [0.2, 0.25) is 0 Å². The number of aliphatic hydroxyl groups excluding tert-OH is 1. The number of anilines is 3. The molecule has 0 aliphatic rings. The monoisotopic (exact) mass is 551 g/mol. The van der Waals surface area contributed by atoms with Crippen molar-refractivity contribution >= 4 is 17.1 Å². The first-order valence-electron chi connectivity index (χ1n) is 14.8. The zero-order valence-corrected chi connectivity index (χ0v) is 26.3. The largest absolute Gasteiger partial charge is 0.492 e.